The number of nitrogens with two attached hydrogens (primary N) is 1. The summed E-state index contributed by atoms with van der Waals surface area (Å²) in [5.74, 6) is 1.43. The van der Waals surface area contributed by atoms with Gasteiger partial charge in [0.05, 0.1) is 13.4 Å². The largest absolute Gasteiger partial charge is 0.496 e. The Morgan fingerprint density at radius 1 is 1.38 bits per heavy atom. The van der Waals surface area contributed by atoms with Gasteiger partial charge in [-0.3, -0.25) is 0 Å². The fraction of sp³-hybridized carbons (Fsp3) is 0.154. The van der Waals surface area contributed by atoms with Crippen molar-refractivity contribution in [2.45, 2.75) is 6.54 Å². The maximum atomic E-state index is 6.21. The molecule has 21 heavy (non-hydrogen) atoms. The molecule has 0 fully saturated rings. The number of imidazole rings is 1. The highest BCUT2D eigenvalue weighted by molar-refractivity contribution is 6.31. The number of hydrogen-bond donors (Lipinski definition) is 3. The Morgan fingerprint density at radius 3 is 3.05 bits per heavy atom. The van der Waals surface area contributed by atoms with E-state index in [1.54, 1.807) is 19.5 Å². The normalized spacial score (nSPS) is 10.8. The van der Waals surface area contributed by atoms with Crippen molar-refractivity contribution in [1.29, 1.82) is 0 Å². The maximum Gasteiger partial charge on any atom is 0.224 e. The molecule has 0 atom stereocenters. The number of aromatic nitrogens is 4. The Hall–Kier alpha value is -2.54. The first-order valence-corrected chi connectivity index (χ1v) is 6.58. The average molecular weight is 305 g/mol. The third kappa shape index (κ3) is 2.55. The molecule has 3 rings (SSSR count). The van der Waals surface area contributed by atoms with Gasteiger partial charge in [0.1, 0.15) is 11.3 Å². The molecule has 3 aromatic rings. The number of rotatable bonds is 4. The summed E-state index contributed by atoms with van der Waals surface area (Å²) in [4.78, 5) is 15.3. The summed E-state index contributed by atoms with van der Waals surface area (Å²) in [6, 6.07) is 5.49. The number of methoxy groups -OCH3 is 1. The van der Waals surface area contributed by atoms with Crippen molar-refractivity contribution in [3.8, 4) is 5.75 Å². The smallest absolute Gasteiger partial charge is 0.224 e. The predicted octanol–water partition coefficient (Wildman–Crippen LogP) is 2.21. The Balaban J connectivity index is 1.92. The number of nitrogen functional groups attached to an aromatic ring is 1. The zero-order valence-corrected chi connectivity index (χ0v) is 12.0. The van der Waals surface area contributed by atoms with E-state index < -0.39 is 0 Å². The minimum Gasteiger partial charge on any atom is -0.496 e. The Kier molecular flexibility index (Phi) is 3.49. The van der Waals surface area contributed by atoms with Crippen LogP contribution in [-0.2, 0) is 6.54 Å². The molecule has 2 heterocycles. The molecular weight excluding hydrogens is 292 g/mol. The van der Waals surface area contributed by atoms with E-state index in [1.165, 1.54) is 0 Å². The number of ether oxygens (including phenoxy) is 1. The summed E-state index contributed by atoms with van der Waals surface area (Å²) in [6.07, 6.45) is 1.54. The summed E-state index contributed by atoms with van der Waals surface area (Å²) in [7, 11) is 1.60. The van der Waals surface area contributed by atoms with Gasteiger partial charge in [0, 0.05) is 17.1 Å². The number of nitrogens with one attached hydrogen (secondary N) is 2. The third-order valence-corrected chi connectivity index (χ3v) is 3.39. The van der Waals surface area contributed by atoms with Gasteiger partial charge < -0.3 is 20.8 Å². The van der Waals surface area contributed by atoms with Crippen LogP contribution in [0.1, 0.15) is 5.56 Å². The Bertz CT molecular complexity index is 787. The second-order valence-corrected chi connectivity index (χ2v) is 4.71. The average Bonchev–Trinajstić information content (AvgIpc) is 2.93. The topological polar surface area (TPSA) is 102 Å². The summed E-state index contributed by atoms with van der Waals surface area (Å²) in [6.45, 7) is 0.438. The van der Waals surface area contributed by atoms with Crippen molar-refractivity contribution in [2.24, 2.45) is 0 Å². The number of halogens is 1. The van der Waals surface area contributed by atoms with Crippen LogP contribution in [0.2, 0.25) is 5.02 Å². The predicted molar refractivity (Wildman–Crippen MR) is 81.4 cm³/mol. The van der Waals surface area contributed by atoms with Crippen LogP contribution < -0.4 is 15.8 Å². The van der Waals surface area contributed by atoms with Crippen LogP contribution in [0.25, 0.3) is 11.2 Å². The molecule has 2 aromatic heterocycles. The molecule has 7 nitrogen and oxygen atoms in total. The van der Waals surface area contributed by atoms with Gasteiger partial charge in [-0.15, -0.1) is 0 Å². The lowest BCUT2D eigenvalue weighted by atomic mass is 10.2. The van der Waals surface area contributed by atoms with Gasteiger partial charge in [-0.1, -0.05) is 17.7 Å². The van der Waals surface area contributed by atoms with Crippen molar-refractivity contribution >= 4 is 34.5 Å². The minimum atomic E-state index is 0.156. The van der Waals surface area contributed by atoms with Gasteiger partial charge in [-0.2, -0.15) is 9.97 Å². The number of hydrogen-bond acceptors (Lipinski definition) is 6. The molecule has 0 aliphatic heterocycles. The molecule has 0 radical (unpaired) electrons. The van der Waals surface area contributed by atoms with Crippen LogP contribution in [0.3, 0.4) is 0 Å². The van der Waals surface area contributed by atoms with Gasteiger partial charge in [-0.25, -0.2) is 4.98 Å². The van der Waals surface area contributed by atoms with E-state index in [9.17, 15) is 0 Å². The molecule has 0 saturated heterocycles. The van der Waals surface area contributed by atoms with Crippen molar-refractivity contribution < 1.29 is 4.74 Å². The quantitative estimate of drug-likeness (QED) is 0.683. The second kappa shape index (κ2) is 5.45. The second-order valence-electron chi connectivity index (χ2n) is 4.31. The number of benzene rings is 1. The summed E-state index contributed by atoms with van der Waals surface area (Å²) >= 11 is 6.21. The van der Waals surface area contributed by atoms with E-state index in [4.69, 9.17) is 22.1 Å². The zero-order valence-electron chi connectivity index (χ0n) is 11.2. The van der Waals surface area contributed by atoms with Crippen LogP contribution in [0.15, 0.2) is 24.5 Å². The first kappa shape index (κ1) is 13.4. The maximum absolute atomic E-state index is 6.21. The molecule has 4 N–H and O–H groups in total. The lowest BCUT2D eigenvalue weighted by Gasteiger charge is -2.12. The fourth-order valence-electron chi connectivity index (χ4n) is 2.05. The van der Waals surface area contributed by atoms with Gasteiger partial charge >= 0.3 is 0 Å². The van der Waals surface area contributed by atoms with Gasteiger partial charge in [0.15, 0.2) is 11.5 Å². The molecule has 0 saturated carbocycles. The molecule has 108 valence electrons. The number of anilines is 2. The third-order valence-electron chi connectivity index (χ3n) is 3.03. The lowest BCUT2D eigenvalue weighted by molar-refractivity contribution is 0.410. The van der Waals surface area contributed by atoms with E-state index in [-0.39, 0.29) is 5.95 Å². The first-order chi connectivity index (χ1) is 10.2. The van der Waals surface area contributed by atoms with Crippen LogP contribution in [0, 0.1) is 0 Å². The molecular formula is C13H13ClN6O. The number of H-pyrrole nitrogens is 1. The van der Waals surface area contributed by atoms with Gasteiger partial charge in [0.25, 0.3) is 0 Å². The van der Waals surface area contributed by atoms with Gasteiger partial charge in [0.2, 0.25) is 5.95 Å². The first-order valence-electron chi connectivity index (χ1n) is 6.21. The highest BCUT2D eigenvalue weighted by Crippen LogP contribution is 2.27. The monoisotopic (exact) mass is 304 g/mol. The highest BCUT2D eigenvalue weighted by atomic mass is 35.5. The molecule has 0 aliphatic carbocycles. The van der Waals surface area contributed by atoms with Crippen molar-refractivity contribution in [2.75, 3.05) is 18.2 Å². The molecule has 1 aromatic carbocycles. The van der Waals surface area contributed by atoms with Crippen LogP contribution >= 0.6 is 11.6 Å². The van der Waals surface area contributed by atoms with Crippen molar-refractivity contribution in [1.82, 2.24) is 19.9 Å². The van der Waals surface area contributed by atoms with E-state index >= 15 is 0 Å². The minimum absolute atomic E-state index is 0.156. The van der Waals surface area contributed by atoms with Crippen molar-refractivity contribution in [3.63, 3.8) is 0 Å². The molecule has 0 spiro atoms. The number of fused-ring (bicyclic) bond motifs is 1. The van der Waals surface area contributed by atoms with Gasteiger partial charge in [-0.05, 0) is 12.1 Å². The molecule has 0 unspecified atom stereocenters. The van der Waals surface area contributed by atoms with E-state index in [2.05, 4.69) is 25.3 Å². The highest BCUT2D eigenvalue weighted by Gasteiger charge is 2.11. The van der Waals surface area contributed by atoms with Crippen molar-refractivity contribution in [3.05, 3.63) is 35.1 Å². The summed E-state index contributed by atoms with van der Waals surface area (Å²) < 4.78 is 5.31. The Labute approximate surface area is 125 Å². The van der Waals surface area contributed by atoms with E-state index in [0.717, 1.165) is 5.56 Å². The van der Waals surface area contributed by atoms with Crippen LogP contribution in [-0.4, -0.2) is 27.0 Å². The standard InChI is InChI=1S/C13H13ClN6O/c1-21-9-4-2-3-8(14)7(9)5-16-11-10-12(18-6-17-10)20-13(15)19-11/h2-4,6H,5H2,1H3,(H4,15,16,17,18,19,20). The molecule has 0 amide bonds. The lowest BCUT2D eigenvalue weighted by Crippen LogP contribution is -2.07. The SMILES string of the molecule is COc1cccc(Cl)c1CNc1nc(N)nc2nc[nH]c12. The number of nitrogens with zero attached hydrogens (tertiary/aromatic N) is 3. The molecule has 8 heteroatoms. The summed E-state index contributed by atoms with van der Waals surface area (Å²) in [5, 5.41) is 3.80. The summed E-state index contributed by atoms with van der Waals surface area (Å²) in [5.41, 5.74) is 7.71. The van der Waals surface area contributed by atoms with E-state index in [1.807, 2.05) is 12.1 Å². The van der Waals surface area contributed by atoms with E-state index in [0.29, 0.717) is 34.3 Å². The number of aromatic amines is 1. The molecule has 0 aliphatic rings. The Morgan fingerprint density at radius 2 is 2.24 bits per heavy atom. The van der Waals surface area contributed by atoms with Crippen LogP contribution in [0.4, 0.5) is 11.8 Å². The molecule has 0 bridgehead atoms. The zero-order chi connectivity index (χ0) is 14.8. The fourth-order valence-corrected chi connectivity index (χ4v) is 2.28. The van der Waals surface area contributed by atoms with Crippen LogP contribution in [0.5, 0.6) is 5.75 Å².